The van der Waals surface area contributed by atoms with Crippen LogP contribution in [-0.2, 0) is 14.8 Å². The van der Waals surface area contributed by atoms with Crippen molar-refractivity contribution in [3.8, 4) is 0 Å². The summed E-state index contributed by atoms with van der Waals surface area (Å²) in [5.74, 6) is -0.230. The molecule has 0 saturated heterocycles. The second kappa shape index (κ2) is 7.66. The van der Waals surface area contributed by atoms with Gasteiger partial charge in [-0.2, -0.15) is 0 Å². The van der Waals surface area contributed by atoms with E-state index in [0.29, 0.717) is 21.7 Å². The highest BCUT2D eigenvalue weighted by molar-refractivity contribution is 7.92. The fourth-order valence-electron chi connectivity index (χ4n) is 2.79. The third-order valence-electron chi connectivity index (χ3n) is 4.09. The summed E-state index contributed by atoms with van der Waals surface area (Å²) in [6.45, 7) is 5.21. The molecule has 0 aliphatic rings. The lowest BCUT2D eigenvalue weighted by atomic mass is 10.1. The molecule has 0 aliphatic heterocycles. The van der Waals surface area contributed by atoms with Crippen LogP contribution in [0.5, 0.6) is 0 Å². The molecule has 0 bridgehead atoms. The van der Waals surface area contributed by atoms with E-state index in [-0.39, 0.29) is 33.4 Å². The molecule has 0 saturated carbocycles. The van der Waals surface area contributed by atoms with Crippen molar-refractivity contribution in [2.45, 2.75) is 25.7 Å². The Balaban J connectivity index is 2.07. The number of carbonyl (C=O) groups is 1. The van der Waals surface area contributed by atoms with Gasteiger partial charge in [0, 0.05) is 10.4 Å². The van der Waals surface area contributed by atoms with Crippen LogP contribution in [0.1, 0.15) is 28.6 Å². The maximum Gasteiger partial charge on any atom is 0.342 e. The number of esters is 1. The van der Waals surface area contributed by atoms with E-state index in [9.17, 15) is 13.2 Å². The number of hydrogen-bond acceptors (Lipinski definition) is 5. The smallest absolute Gasteiger partial charge is 0.342 e. The van der Waals surface area contributed by atoms with Crippen LogP contribution in [0.25, 0.3) is 11.0 Å². The maximum atomic E-state index is 12.7. The lowest BCUT2D eigenvalue weighted by Gasteiger charge is -2.10. The zero-order valence-corrected chi connectivity index (χ0v) is 17.6. The molecule has 0 amide bonds. The molecule has 0 radical (unpaired) electrons. The lowest BCUT2D eigenvalue weighted by Crippen LogP contribution is -2.13. The number of benzene rings is 2. The quantitative estimate of drug-likeness (QED) is 0.540. The molecule has 3 rings (SSSR count). The van der Waals surface area contributed by atoms with Gasteiger partial charge in [-0.3, -0.25) is 4.72 Å². The normalized spacial score (nSPS) is 11.6. The van der Waals surface area contributed by atoms with Crippen molar-refractivity contribution in [2.24, 2.45) is 0 Å². The zero-order chi connectivity index (χ0) is 20.6. The van der Waals surface area contributed by atoms with Crippen LogP contribution in [0.2, 0.25) is 10.0 Å². The summed E-state index contributed by atoms with van der Waals surface area (Å²) in [5, 5.41) is 1.01. The van der Waals surface area contributed by atoms with Gasteiger partial charge in [0.2, 0.25) is 0 Å². The van der Waals surface area contributed by atoms with E-state index < -0.39 is 16.0 Å². The number of nitrogens with one attached hydrogen (secondary N) is 1. The first-order chi connectivity index (χ1) is 13.1. The van der Waals surface area contributed by atoms with Gasteiger partial charge in [-0.1, -0.05) is 23.2 Å². The van der Waals surface area contributed by atoms with Crippen molar-refractivity contribution in [1.82, 2.24) is 0 Å². The van der Waals surface area contributed by atoms with Crippen molar-refractivity contribution in [1.29, 1.82) is 0 Å². The van der Waals surface area contributed by atoms with Gasteiger partial charge in [0.05, 0.1) is 22.2 Å². The molecular weight excluding hydrogens is 425 g/mol. The first-order valence-electron chi connectivity index (χ1n) is 8.32. The number of aryl methyl sites for hydroxylation is 2. The topological polar surface area (TPSA) is 85.6 Å². The molecule has 2 aromatic carbocycles. The van der Waals surface area contributed by atoms with Gasteiger partial charge in [0.15, 0.2) is 5.58 Å². The number of hydrogen-bond donors (Lipinski definition) is 1. The number of sulfonamides is 1. The fraction of sp³-hybridized carbons (Fsp3) is 0.211. The number of rotatable bonds is 5. The van der Waals surface area contributed by atoms with Crippen LogP contribution in [0, 0.1) is 13.8 Å². The Hall–Kier alpha value is -2.22. The Bertz CT molecular complexity index is 1180. The van der Waals surface area contributed by atoms with E-state index in [4.69, 9.17) is 32.4 Å². The second-order valence-corrected chi connectivity index (χ2v) is 8.60. The lowest BCUT2D eigenvalue weighted by molar-refractivity contribution is 0.0526. The predicted octanol–water partition coefficient (Wildman–Crippen LogP) is 5.33. The minimum Gasteiger partial charge on any atom is -0.462 e. The molecule has 6 nitrogen and oxygen atoms in total. The van der Waals surface area contributed by atoms with Gasteiger partial charge in [-0.15, -0.1) is 0 Å². The van der Waals surface area contributed by atoms with Crippen LogP contribution >= 0.6 is 23.2 Å². The molecule has 0 fully saturated rings. The first-order valence-corrected chi connectivity index (χ1v) is 10.6. The standard InChI is InChI=1S/C19H17Cl2NO5S/c1-4-26-19(23)17-11(3)27-18-14(17)8-12(9-16(18)21)22-28(24,25)13-5-6-15(20)10(2)7-13/h5-9,22H,4H2,1-3H3. The number of carbonyl (C=O) groups excluding carboxylic acids is 1. The van der Waals surface area contributed by atoms with E-state index in [2.05, 4.69) is 4.72 Å². The fourth-order valence-corrected chi connectivity index (χ4v) is 4.29. The highest BCUT2D eigenvalue weighted by Crippen LogP contribution is 2.35. The summed E-state index contributed by atoms with van der Waals surface area (Å²) in [7, 11) is -3.89. The van der Waals surface area contributed by atoms with E-state index in [1.54, 1.807) is 20.8 Å². The van der Waals surface area contributed by atoms with Crippen molar-refractivity contribution < 1.29 is 22.4 Å². The number of furan rings is 1. The third-order valence-corrected chi connectivity index (χ3v) is 6.18. The van der Waals surface area contributed by atoms with Gasteiger partial charge in [0.1, 0.15) is 11.3 Å². The second-order valence-electron chi connectivity index (χ2n) is 6.10. The predicted molar refractivity (Wildman–Crippen MR) is 109 cm³/mol. The number of ether oxygens (including phenoxy) is 1. The van der Waals surface area contributed by atoms with Crippen molar-refractivity contribution in [3.63, 3.8) is 0 Å². The largest absolute Gasteiger partial charge is 0.462 e. The molecule has 148 valence electrons. The molecule has 28 heavy (non-hydrogen) atoms. The number of anilines is 1. The van der Waals surface area contributed by atoms with Crippen LogP contribution in [-0.4, -0.2) is 21.0 Å². The van der Waals surface area contributed by atoms with Gasteiger partial charge in [-0.05, 0) is 56.7 Å². The summed E-state index contributed by atoms with van der Waals surface area (Å²) < 4.78 is 38.6. The highest BCUT2D eigenvalue weighted by Gasteiger charge is 2.23. The average molecular weight is 442 g/mol. The monoisotopic (exact) mass is 441 g/mol. The summed E-state index contributed by atoms with van der Waals surface area (Å²) >= 11 is 12.2. The molecule has 1 aromatic heterocycles. The Morgan fingerprint density at radius 2 is 1.86 bits per heavy atom. The summed E-state index contributed by atoms with van der Waals surface area (Å²) in [4.78, 5) is 12.3. The van der Waals surface area contributed by atoms with E-state index in [1.807, 2.05) is 0 Å². The molecule has 0 atom stereocenters. The Morgan fingerprint density at radius 3 is 2.50 bits per heavy atom. The molecule has 1 N–H and O–H groups in total. The zero-order valence-electron chi connectivity index (χ0n) is 15.3. The van der Waals surface area contributed by atoms with E-state index >= 15 is 0 Å². The minimum atomic E-state index is -3.89. The summed E-state index contributed by atoms with van der Waals surface area (Å²) in [6, 6.07) is 7.30. The van der Waals surface area contributed by atoms with E-state index in [0.717, 1.165) is 0 Å². The Kier molecular flexibility index (Phi) is 5.61. The summed E-state index contributed by atoms with van der Waals surface area (Å²) in [6.07, 6.45) is 0. The molecular formula is C19H17Cl2NO5S. The minimum absolute atomic E-state index is 0.0552. The number of halogens is 2. The van der Waals surface area contributed by atoms with Crippen molar-refractivity contribution in [2.75, 3.05) is 11.3 Å². The SMILES string of the molecule is CCOC(=O)c1c(C)oc2c(Cl)cc(NS(=O)(=O)c3ccc(Cl)c(C)c3)cc12. The molecule has 3 aromatic rings. The summed E-state index contributed by atoms with van der Waals surface area (Å²) in [5.41, 5.74) is 1.32. The molecule has 0 spiro atoms. The molecule has 0 unspecified atom stereocenters. The molecule has 1 heterocycles. The Morgan fingerprint density at radius 1 is 1.14 bits per heavy atom. The van der Waals surface area contributed by atoms with Crippen LogP contribution in [0.3, 0.4) is 0 Å². The third kappa shape index (κ3) is 3.83. The molecule has 0 aliphatic carbocycles. The van der Waals surface area contributed by atoms with Crippen LogP contribution in [0.4, 0.5) is 5.69 Å². The first kappa shape index (κ1) is 20.5. The van der Waals surface area contributed by atoms with Gasteiger partial charge in [-0.25, -0.2) is 13.2 Å². The van der Waals surface area contributed by atoms with Crippen LogP contribution < -0.4 is 4.72 Å². The average Bonchev–Trinajstić information content (AvgIpc) is 2.93. The van der Waals surface area contributed by atoms with Gasteiger partial charge >= 0.3 is 5.97 Å². The van der Waals surface area contributed by atoms with Crippen LogP contribution in [0.15, 0.2) is 39.6 Å². The van der Waals surface area contributed by atoms with Crippen molar-refractivity contribution in [3.05, 3.63) is 57.3 Å². The van der Waals surface area contributed by atoms with Gasteiger partial charge < -0.3 is 9.15 Å². The van der Waals surface area contributed by atoms with Gasteiger partial charge in [0.25, 0.3) is 10.0 Å². The van der Waals surface area contributed by atoms with Crippen molar-refractivity contribution >= 4 is 55.9 Å². The highest BCUT2D eigenvalue weighted by atomic mass is 35.5. The Labute approximate surface area is 172 Å². The molecule has 9 heteroatoms. The van der Waals surface area contributed by atoms with E-state index in [1.165, 1.54) is 30.3 Å². The number of fused-ring (bicyclic) bond motifs is 1. The maximum absolute atomic E-state index is 12.7.